The van der Waals surface area contributed by atoms with Gasteiger partial charge in [-0.2, -0.15) is 0 Å². The molecule has 0 aliphatic rings. The quantitative estimate of drug-likeness (QED) is 0.815. The molecule has 0 spiro atoms. The molecule has 1 heterocycles. The Morgan fingerprint density at radius 1 is 1.37 bits per heavy atom. The third kappa shape index (κ3) is 4.66. The average Bonchev–Trinajstić information content (AvgIpc) is 2.67. The summed E-state index contributed by atoms with van der Waals surface area (Å²) in [7, 11) is 2.18. The standard InChI is InChI=1S/C16H30N2O/c1-8-16(5,6)18(7)11-14-9-15(19-13(14)4)10-17-12(2)3/h9,12,17H,8,10-11H2,1-7H3. The molecule has 19 heavy (non-hydrogen) atoms. The molecule has 0 radical (unpaired) electrons. The molecule has 0 aliphatic heterocycles. The van der Waals surface area contributed by atoms with Gasteiger partial charge in [-0.15, -0.1) is 0 Å². The van der Waals surface area contributed by atoms with E-state index in [4.69, 9.17) is 4.42 Å². The molecule has 1 N–H and O–H groups in total. The fourth-order valence-corrected chi connectivity index (χ4v) is 1.88. The van der Waals surface area contributed by atoms with E-state index in [2.05, 4.69) is 64.9 Å². The van der Waals surface area contributed by atoms with E-state index in [1.54, 1.807) is 0 Å². The van der Waals surface area contributed by atoms with E-state index in [1.807, 2.05) is 0 Å². The van der Waals surface area contributed by atoms with Gasteiger partial charge in [-0.3, -0.25) is 4.90 Å². The lowest BCUT2D eigenvalue weighted by atomic mass is 9.99. The number of hydrogen-bond donors (Lipinski definition) is 1. The molecule has 0 amide bonds. The Kier molecular flexibility index (Phi) is 5.63. The average molecular weight is 266 g/mol. The van der Waals surface area contributed by atoms with Crippen LogP contribution in [-0.2, 0) is 13.1 Å². The second kappa shape index (κ2) is 6.58. The van der Waals surface area contributed by atoms with Gasteiger partial charge in [0, 0.05) is 23.7 Å². The zero-order chi connectivity index (χ0) is 14.6. The second-order valence-electron chi connectivity index (χ2n) is 6.35. The van der Waals surface area contributed by atoms with Crippen molar-refractivity contribution < 1.29 is 4.42 Å². The topological polar surface area (TPSA) is 28.4 Å². The Bertz CT molecular complexity index is 393. The van der Waals surface area contributed by atoms with Crippen molar-refractivity contribution in [2.24, 2.45) is 0 Å². The summed E-state index contributed by atoms with van der Waals surface area (Å²) in [5.74, 6) is 2.07. The molecular formula is C16H30N2O. The molecule has 0 atom stereocenters. The van der Waals surface area contributed by atoms with Gasteiger partial charge >= 0.3 is 0 Å². The van der Waals surface area contributed by atoms with Crippen molar-refractivity contribution in [2.75, 3.05) is 7.05 Å². The highest BCUT2D eigenvalue weighted by Crippen LogP contribution is 2.22. The Morgan fingerprint density at radius 2 is 2.00 bits per heavy atom. The molecule has 0 unspecified atom stereocenters. The van der Waals surface area contributed by atoms with Gasteiger partial charge < -0.3 is 9.73 Å². The number of furan rings is 1. The molecule has 3 nitrogen and oxygen atoms in total. The normalized spacial score (nSPS) is 12.7. The zero-order valence-corrected chi connectivity index (χ0v) is 13.6. The molecule has 0 fully saturated rings. The van der Waals surface area contributed by atoms with Crippen LogP contribution in [0.5, 0.6) is 0 Å². The molecule has 0 saturated carbocycles. The van der Waals surface area contributed by atoms with Crippen LogP contribution in [0, 0.1) is 6.92 Å². The van der Waals surface area contributed by atoms with E-state index in [-0.39, 0.29) is 5.54 Å². The summed E-state index contributed by atoms with van der Waals surface area (Å²) >= 11 is 0. The molecule has 1 aromatic rings. The van der Waals surface area contributed by atoms with Crippen LogP contribution in [0.1, 0.15) is 58.1 Å². The molecule has 1 aromatic heterocycles. The molecule has 0 bridgehead atoms. The van der Waals surface area contributed by atoms with Gasteiger partial charge in [0.1, 0.15) is 11.5 Å². The minimum Gasteiger partial charge on any atom is -0.465 e. The maximum Gasteiger partial charge on any atom is 0.118 e. The van der Waals surface area contributed by atoms with Gasteiger partial charge in [0.05, 0.1) is 6.54 Å². The molecule has 0 aliphatic carbocycles. The van der Waals surface area contributed by atoms with Crippen LogP contribution in [-0.4, -0.2) is 23.5 Å². The second-order valence-corrected chi connectivity index (χ2v) is 6.35. The van der Waals surface area contributed by atoms with E-state index < -0.39 is 0 Å². The van der Waals surface area contributed by atoms with E-state index in [0.29, 0.717) is 6.04 Å². The molecule has 1 rings (SSSR count). The molecule has 110 valence electrons. The number of nitrogens with one attached hydrogen (secondary N) is 1. The Morgan fingerprint density at radius 3 is 2.53 bits per heavy atom. The van der Waals surface area contributed by atoms with Crippen molar-refractivity contribution in [1.29, 1.82) is 0 Å². The first-order valence-electron chi connectivity index (χ1n) is 7.29. The van der Waals surface area contributed by atoms with Crippen LogP contribution in [0.3, 0.4) is 0 Å². The summed E-state index contributed by atoms with van der Waals surface area (Å²) in [6.45, 7) is 14.9. The maximum absolute atomic E-state index is 5.82. The van der Waals surface area contributed by atoms with E-state index in [0.717, 1.165) is 31.0 Å². The molecule has 0 saturated heterocycles. The third-order valence-electron chi connectivity index (χ3n) is 4.06. The fraction of sp³-hybridized carbons (Fsp3) is 0.750. The molecule has 0 aromatic carbocycles. The minimum absolute atomic E-state index is 0.222. The summed E-state index contributed by atoms with van der Waals surface area (Å²) in [6.07, 6.45) is 1.14. The van der Waals surface area contributed by atoms with Crippen molar-refractivity contribution in [1.82, 2.24) is 10.2 Å². The van der Waals surface area contributed by atoms with E-state index >= 15 is 0 Å². The lowest BCUT2D eigenvalue weighted by Gasteiger charge is -2.34. The highest BCUT2D eigenvalue weighted by atomic mass is 16.3. The van der Waals surface area contributed by atoms with Gasteiger partial charge in [0.15, 0.2) is 0 Å². The largest absolute Gasteiger partial charge is 0.465 e. The maximum atomic E-state index is 5.82. The van der Waals surface area contributed by atoms with Gasteiger partial charge in [-0.1, -0.05) is 20.8 Å². The Hall–Kier alpha value is -0.800. The summed E-state index contributed by atoms with van der Waals surface area (Å²) in [5.41, 5.74) is 1.52. The smallest absolute Gasteiger partial charge is 0.118 e. The van der Waals surface area contributed by atoms with Crippen molar-refractivity contribution in [3.05, 3.63) is 23.2 Å². The number of nitrogens with zero attached hydrogens (tertiary/aromatic N) is 1. The van der Waals surface area contributed by atoms with Crippen LogP contribution in [0.25, 0.3) is 0 Å². The summed E-state index contributed by atoms with van der Waals surface area (Å²) in [6, 6.07) is 2.67. The monoisotopic (exact) mass is 266 g/mol. The Labute approximate surface area is 118 Å². The van der Waals surface area contributed by atoms with Crippen LogP contribution < -0.4 is 5.32 Å². The lowest BCUT2D eigenvalue weighted by molar-refractivity contribution is 0.142. The highest BCUT2D eigenvalue weighted by molar-refractivity contribution is 5.21. The van der Waals surface area contributed by atoms with Gasteiger partial charge in [-0.25, -0.2) is 0 Å². The summed E-state index contributed by atoms with van der Waals surface area (Å²) < 4.78 is 5.82. The number of aryl methyl sites for hydroxylation is 1. The molecular weight excluding hydrogens is 236 g/mol. The minimum atomic E-state index is 0.222. The van der Waals surface area contributed by atoms with Crippen molar-refractivity contribution in [2.45, 2.75) is 72.6 Å². The van der Waals surface area contributed by atoms with Crippen molar-refractivity contribution in [3.63, 3.8) is 0 Å². The van der Waals surface area contributed by atoms with Crippen molar-refractivity contribution in [3.8, 4) is 0 Å². The van der Waals surface area contributed by atoms with E-state index in [9.17, 15) is 0 Å². The van der Waals surface area contributed by atoms with Gasteiger partial charge in [0.2, 0.25) is 0 Å². The SMILES string of the molecule is CCC(C)(C)N(C)Cc1cc(CNC(C)C)oc1C. The van der Waals surface area contributed by atoms with Crippen LogP contribution in [0.4, 0.5) is 0 Å². The third-order valence-corrected chi connectivity index (χ3v) is 4.06. The first-order chi connectivity index (χ1) is 8.76. The van der Waals surface area contributed by atoms with E-state index in [1.165, 1.54) is 5.56 Å². The Balaban J connectivity index is 2.69. The first-order valence-corrected chi connectivity index (χ1v) is 7.29. The van der Waals surface area contributed by atoms with Crippen LogP contribution in [0.2, 0.25) is 0 Å². The number of rotatable bonds is 7. The van der Waals surface area contributed by atoms with Crippen molar-refractivity contribution >= 4 is 0 Å². The van der Waals surface area contributed by atoms with Gasteiger partial charge in [0.25, 0.3) is 0 Å². The molecule has 3 heteroatoms. The van der Waals surface area contributed by atoms with Gasteiger partial charge in [-0.05, 0) is 40.3 Å². The first kappa shape index (κ1) is 16.3. The fourth-order valence-electron chi connectivity index (χ4n) is 1.88. The predicted octanol–water partition coefficient (Wildman–Crippen LogP) is 3.71. The van der Waals surface area contributed by atoms with Crippen LogP contribution in [0.15, 0.2) is 10.5 Å². The zero-order valence-electron chi connectivity index (χ0n) is 13.6. The summed E-state index contributed by atoms with van der Waals surface area (Å²) in [5, 5.41) is 3.39. The lowest BCUT2D eigenvalue weighted by Crippen LogP contribution is -2.39. The predicted molar refractivity (Wildman–Crippen MR) is 81.3 cm³/mol. The number of hydrogen-bond acceptors (Lipinski definition) is 3. The highest BCUT2D eigenvalue weighted by Gasteiger charge is 2.22. The summed E-state index contributed by atoms with van der Waals surface area (Å²) in [4.78, 5) is 2.39. The van der Waals surface area contributed by atoms with Crippen LogP contribution >= 0.6 is 0 Å².